The van der Waals surface area contributed by atoms with Gasteiger partial charge in [-0.1, -0.05) is 0 Å². The van der Waals surface area contributed by atoms with Crippen LogP contribution in [-0.2, 0) is 4.79 Å². The van der Waals surface area contributed by atoms with Crippen molar-refractivity contribution in [1.29, 1.82) is 0 Å². The van der Waals surface area contributed by atoms with Gasteiger partial charge in [-0.2, -0.15) is 0 Å². The second-order valence-electron chi connectivity index (χ2n) is 4.10. The third-order valence-electron chi connectivity index (χ3n) is 2.79. The summed E-state index contributed by atoms with van der Waals surface area (Å²) in [6.07, 6.45) is 0.654. The first-order valence-electron chi connectivity index (χ1n) is 5.41. The molecule has 1 amide bonds. The monoisotopic (exact) mass is 216 g/mol. The van der Waals surface area contributed by atoms with Crippen LogP contribution in [0.25, 0.3) is 0 Å². The number of hydrogen-bond acceptors (Lipinski definition) is 4. The minimum atomic E-state index is -0.296. The molecule has 0 radical (unpaired) electrons. The number of carbonyl (C=O) groups excluding carboxylic acids is 1. The molecule has 0 spiro atoms. The normalized spacial score (nSPS) is 24.1. The van der Waals surface area contributed by atoms with Crippen LogP contribution in [0.4, 0.5) is 0 Å². The predicted octanol–water partition coefficient (Wildman–Crippen LogP) is -1.20. The van der Waals surface area contributed by atoms with E-state index in [0.717, 1.165) is 19.5 Å². The van der Waals surface area contributed by atoms with E-state index in [1.165, 1.54) is 0 Å². The van der Waals surface area contributed by atoms with Crippen LogP contribution in [0.15, 0.2) is 0 Å². The lowest BCUT2D eigenvalue weighted by atomic mass is 10.0. The Labute approximate surface area is 90.1 Å². The number of nitrogens with one attached hydrogen (secondary N) is 1. The molecule has 0 aromatic rings. The number of hydrogen-bond donors (Lipinski definition) is 3. The Morgan fingerprint density at radius 3 is 2.93 bits per heavy atom. The summed E-state index contributed by atoms with van der Waals surface area (Å²) in [4.78, 5) is 13.3. The first-order valence-corrected chi connectivity index (χ1v) is 5.41. The molecule has 0 aromatic heterocycles. The first-order chi connectivity index (χ1) is 7.13. The molecule has 15 heavy (non-hydrogen) atoms. The predicted molar refractivity (Wildman–Crippen MR) is 56.3 cm³/mol. The van der Waals surface area contributed by atoms with Gasteiger partial charge in [0.2, 0.25) is 5.91 Å². The van der Waals surface area contributed by atoms with Crippen LogP contribution in [0.1, 0.15) is 13.3 Å². The van der Waals surface area contributed by atoms with Crippen LogP contribution >= 0.6 is 0 Å². The van der Waals surface area contributed by atoms with Crippen molar-refractivity contribution >= 4 is 5.91 Å². The average molecular weight is 216 g/mol. The Hall–Kier alpha value is -0.650. The summed E-state index contributed by atoms with van der Waals surface area (Å²) in [5, 5.41) is 20.5. The van der Waals surface area contributed by atoms with Gasteiger partial charge in [-0.25, -0.2) is 0 Å². The highest BCUT2D eigenvalue weighted by atomic mass is 16.3. The molecule has 1 fully saturated rings. The van der Waals surface area contributed by atoms with Gasteiger partial charge >= 0.3 is 0 Å². The summed E-state index contributed by atoms with van der Waals surface area (Å²) in [5.74, 6) is 0.228. The highest BCUT2D eigenvalue weighted by Gasteiger charge is 2.26. The lowest BCUT2D eigenvalue weighted by Gasteiger charge is -2.16. The molecule has 0 saturated carbocycles. The molecule has 5 heteroatoms. The summed E-state index contributed by atoms with van der Waals surface area (Å²) in [5.41, 5.74) is 0. The van der Waals surface area contributed by atoms with Gasteiger partial charge in [0.25, 0.3) is 0 Å². The number of rotatable bonds is 5. The second kappa shape index (κ2) is 6.05. The molecule has 5 nitrogen and oxygen atoms in total. The number of amides is 1. The van der Waals surface area contributed by atoms with E-state index >= 15 is 0 Å². The molecule has 1 rings (SSSR count). The molecule has 1 heterocycles. The fourth-order valence-electron chi connectivity index (χ4n) is 1.85. The summed E-state index contributed by atoms with van der Waals surface area (Å²) >= 11 is 0. The highest BCUT2D eigenvalue weighted by molar-refractivity contribution is 5.78. The molecule has 2 atom stereocenters. The third kappa shape index (κ3) is 4.15. The quantitative estimate of drug-likeness (QED) is 0.539. The molecule has 0 aliphatic carbocycles. The van der Waals surface area contributed by atoms with Crippen molar-refractivity contribution in [3.8, 4) is 0 Å². The zero-order chi connectivity index (χ0) is 11.3. The van der Waals surface area contributed by atoms with E-state index in [9.17, 15) is 9.90 Å². The van der Waals surface area contributed by atoms with Gasteiger partial charge in [0.05, 0.1) is 19.3 Å². The van der Waals surface area contributed by atoms with E-state index in [2.05, 4.69) is 5.32 Å². The van der Waals surface area contributed by atoms with Crippen molar-refractivity contribution in [3.05, 3.63) is 0 Å². The fourth-order valence-corrected chi connectivity index (χ4v) is 1.85. The van der Waals surface area contributed by atoms with Gasteiger partial charge in [-0.15, -0.1) is 0 Å². The van der Waals surface area contributed by atoms with Crippen LogP contribution in [-0.4, -0.2) is 59.9 Å². The van der Waals surface area contributed by atoms with Crippen molar-refractivity contribution < 1.29 is 15.0 Å². The minimum Gasteiger partial charge on any atom is -0.395 e. The molecule has 88 valence electrons. The van der Waals surface area contributed by atoms with Crippen LogP contribution < -0.4 is 5.32 Å². The van der Waals surface area contributed by atoms with Gasteiger partial charge in [-0.3, -0.25) is 9.69 Å². The molecule has 3 N–H and O–H groups in total. The van der Waals surface area contributed by atoms with Crippen LogP contribution in [0.2, 0.25) is 0 Å². The van der Waals surface area contributed by atoms with E-state index in [1.54, 1.807) is 6.92 Å². The topological polar surface area (TPSA) is 72.8 Å². The maximum Gasteiger partial charge on any atom is 0.234 e. The Morgan fingerprint density at radius 2 is 2.40 bits per heavy atom. The van der Waals surface area contributed by atoms with E-state index in [1.807, 2.05) is 4.90 Å². The van der Waals surface area contributed by atoms with Crippen molar-refractivity contribution in [2.24, 2.45) is 5.92 Å². The molecule has 1 aliphatic heterocycles. The molecule has 1 saturated heterocycles. The molecule has 2 unspecified atom stereocenters. The SMILES string of the molecule is CC(O)C1CCN(CC(=O)NCCO)C1. The largest absolute Gasteiger partial charge is 0.395 e. The zero-order valence-electron chi connectivity index (χ0n) is 9.15. The number of likely N-dealkylation sites (tertiary alicyclic amines) is 1. The molecule has 1 aliphatic rings. The maximum atomic E-state index is 11.3. The Bertz CT molecular complexity index is 209. The van der Waals surface area contributed by atoms with E-state index < -0.39 is 0 Å². The molecular formula is C10H20N2O3. The van der Waals surface area contributed by atoms with Crippen molar-refractivity contribution in [2.75, 3.05) is 32.8 Å². The number of nitrogens with zero attached hydrogens (tertiary/aromatic N) is 1. The summed E-state index contributed by atoms with van der Waals surface area (Å²) in [7, 11) is 0. The van der Waals surface area contributed by atoms with Crippen LogP contribution in [0.3, 0.4) is 0 Å². The van der Waals surface area contributed by atoms with Crippen molar-refractivity contribution in [2.45, 2.75) is 19.4 Å². The van der Waals surface area contributed by atoms with Gasteiger partial charge < -0.3 is 15.5 Å². The van der Waals surface area contributed by atoms with Gasteiger partial charge in [0, 0.05) is 13.1 Å². The Morgan fingerprint density at radius 1 is 1.67 bits per heavy atom. The molecule has 0 aromatic carbocycles. The lowest BCUT2D eigenvalue weighted by molar-refractivity contribution is -0.122. The first kappa shape index (κ1) is 12.4. The maximum absolute atomic E-state index is 11.3. The lowest BCUT2D eigenvalue weighted by Crippen LogP contribution is -2.37. The Balaban J connectivity index is 2.20. The molecule has 0 bridgehead atoms. The van der Waals surface area contributed by atoms with Crippen molar-refractivity contribution in [1.82, 2.24) is 10.2 Å². The van der Waals surface area contributed by atoms with E-state index in [4.69, 9.17) is 5.11 Å². The number of carbonyl (C=O) groups is 1. The molecular weight excluding hydrogens is 196 g/mol. The Kier molecular flexibility index (Phi) is 5.01. The second-order valence-corrected chi connectivity index (χ2v) is 4.10. The van der Waals surface area contributed by atoms with E-state index in [0.29, 0.717) is 13.1 Å². The third-order valence-corrected chi connectivity index (χ3v) is 2.79. The van der Waals surface area contributed by atoms with Gasteiger partial charge in [0.1, 0.15) is 0 Å². The van der Waals surface area contributed by atoms with Gasteiger partial charge in [0.15, 0.2) is 0 Å². The summed E-state index contributed by atoms with van der Waals surface area (Å²) in [6, 6.07) is 0. The van der Waals surface area contributed by atoms with Crippen LogP contribution in [0, 0.1) is 5.92 Å². The zero-order valence-corrected chi connectivity index (χ0v) is 9.15. The smallest absolute Gasteiger partial charge is 0.234 e. The van der Waals surface area contributed by atoms with Crippen LogP contribution in [0.5, 0.6) is 0 Å². The fraction of sp³-hybridized carbons (Fsp3) is 0.900. The standard InChI is InChI=1S/C10H20N2O3/c1-8(14)9-2-4-12(6-9)7-10(15)11-3-5-13/h8-9,13-14H,2-7H2,1H3,(H,11,15). The van der Waals surface area contributed by atoms with E-state index in [-0.39, 0.29) is 24.5 Å². The number of aliphatic hydroxyl groups is 2. The summed E-state index contributed by atoms with van der Waals surface area (Å²) in [6.45, 7) is 4.09. The van der Waals surface area contributed by atoms with Crippen molar-refractivity contribution in [3.63, 3.8) is 0 Å². The number of aliphatic hydroxyl groups excluding tert-OH is 2. The average Bonchev–Trinajstić information content (AvgIpc) is 2.63. The highest BCUT2D eigenvalue weighted by Crippen LogP contribution is 2.18. The summed E-state index contributed by atoms with van der Waals surface area (Å²) < 4.78 is 0. The van der Waals surface area contributed by atoms with Gasteiger partial charge in [-0.05, 0) is 25.8 Å². The minimum absolute atomic E-state index is 0.0258.